The van der Waals surface area contributed by atoms with Gasteiger partial charge in [-0.25, -0.2) is 17.5 Å². The summed E-state index contributed by atoms with van der Waals surface area (Å²) < 4.78 is 41.2. The largest absolute Gasteiger partial charge is 0.335 e. The van der Waals surface area contributed by atoms with Crippen molar-refractivity contribution in [3.8, 4) is 0 Å². The quantitative estimate of drug-likeness (QED) is 0.678. The molecule has 2 amide bonds. The number of carbonyl (C=O) groups is 2. The van der Waals surface area contributed by atoms with Gasteiger partial charge in [-0.05, 0) is 49.4 Å². The third-order valence-electron chi connectivity index (χ3n) is 4.22. The Kier molecular flexibility index (Phi) is 5.19. The second kappa shape index (κ2) is 7.43. The maximum Gasteiger partial charge on any atom is 0.264 e. The second-order valence-electron chi connectivity index (χ2n) is 6.25. The van der Waals surface area contributed by atoms with E-state index in [-0.39, 0.29) is 19.5 Å². The van der Waals surface area contributed by atoms with Gasteiger partial charge in [-0.15, -0.1) is 0 Å². The summed E-state index contributed by atoms with van der Waals surface area (Å²) in [6, 6.07) is 11.1. The lowest BCUT2D eigenvalue weighted by atomic mass is 10.2. The van der Waals surface area contributed by atoms with Crippen LogP contribution in [0.5, 0.6) is 0 Å². The van der Waals surface area contributed by atoms with Gasteiger partial charge in [0.2, 0.25) is 11.8 Å². The minimum absolute atomic E-state index is 0. The molecule has 3 rings (SSSR count). The Morgan fingerprint density at radius 2 is 1.79 bits per heavy atom. The number of halogens is 1. The number of nitrogens with one attached hydrogen (secondary N) is 2. The molecule has 0 aliphatic heterocycles. The van der Waals surface area contributed by atoms with Crippen molar-refractivity contribution in [2.75, 3.05) is 5.32 Å². The van der Waals surface area contributed by atoms with Gasteiger partial charge in [0.25, 0.3) is 10.0 Å². The predicted octanol–water partition coefficient (Wildman–Crippen LogP) is 3.30. The van der Waals surface area contributed by atoms with E-state index in [2.05, 4.69) is 5.32 Å². The molecule has 0 unspecified atom stereocenters. The first-order valence-electron chi connectivity index (χ1n) is 8.38. The Bertz CT molecular complexity index is 1160. The summed E-state index contributed by atoms with van der Waals surface area (Å²) in [6.45, 7) is 2.78. The van der Waals surface area contributed by atoms with Crippen molar-refractivity contribution < 1.29 is 25.3 Å². The lowest BCUT2D eigenvalue weighted by Gasteiger charge is -2.16. The number of anilines is 1. The van der Waals surface area contributed by atoms with Crippen molar-refractivity contribution >= 4 is 38.4 Å². The zero-order chi connectivity index (χ0) is 20.5. The molecule has 1 aromatic heterocycles. The number of benzene rings is 2. The maximum atomic E-state index is 13.8. The molecule has 0 spiro atoms. The van der Waals surface area contributed by atoms with E-state index in [1.165, 1.54) is 30.3 Å². The molecule has 1 atom stereocenters. The van der Waals surface area contributed by atoms with Crippen LogP contribution in [0.15, 0.2) is 59.6 Å². The SMILES string of the molecule is CC(=O)NS(=O)(=O)c1ccc(NC(=O)[C@@H](C)n2ccc3c(F)cccc32)cc1.[HH].[HH]. The van der Waals surface area contributed by atoms with Crippen LogP contribution in [0.4, 0.5) is 10.1 Å². The van der Waals surface area contributed by atoms with E-state index in [0.29, 0.717) is 16.6 Å². The number of carbonyl (C=O) groups excluding carboxylic acids is 2. The van der Waals surface area contributed by atoms with Gasteiger partial charge in [-0.3, -0.25) is 9.59 Å². The number of hydrogen-bond acceptors (Lipinski definition) is 4. The average molecular weight is 407 g/mol. The predicted molar refractivity (Wildman–Crippen MR) is 107 cm³/mol. The van der Waals surface area contributed by atoms with Crippen LogP contribution in [0.1, 0.15) is 22.7 Å². The van der Waals surface area contributed by atoms with Crippen LogP contribution >= 0.6 is 0 Å². The van der Waals surface area contributed by atoms with Crippen molar-refractivity contribution in [3.63, 3.8) is 0 Å². The molecule has 2 aromatic carbocycles. The van der Waals surface area contributed by atoms with Crippen LogP contribution in [-0.4, -0.2) is 24.8 Å². The van der Waals surface area contributed by atoms with Crippen molar-refractivity contribution in [1.82, 2.24) is 9.29 Å². The molecule has 0 fully saturated rings. The van der Waals surface area contributed by atoms with E-state index < -0.39 is 22.0 Å². The normalized spacial score (nSPS) is 12.5. The van der Waals surface area contributed by atoms with Gasteiger partial charge in [0.15, 0.2) is 0 Å². The number of sulfonamides is 1. The van der Waals surface area contributed by atoms with Crippen molar-refractivity contribution in [1.29, 1.82) is 0 Å². The minimum atomic E-state index is -3.94. The van der Waals surface area contributed by atoms with E-state index in [1.54, 1.807) is 35.9 Å². The van der Waals surface area contributed by atoms with E-state index in [1.807, 2.05) is 4.72 Å². The first-order chi connectivity index (χ1) is 13.2. The first kappa shape index (κ1) is 19.6. The van der Waals surface area contributed by atoms with E-state index >= 15 is 0 Å². The highest BCUT2D eigenvalue weighted by Gasteiger charge is 2.19. The van der Waals surface area contributed by atoms with Gasteiger partial charge in [-0.1, -0.05) is 6.07 Å². The summed E-state index contributed by atoms with van der Waals surface area (Å²) in [5.74, 6) is -1.40. The Balaban J connectivity index is 0.00000225. The lowest BCUT2D eigenvalue weighted by molar-refractivity contribution is -0.119. The lowest BCUT2D eigenvalue weighted by Crippen LogP contribution is -2.28. The van der Waals surface area contributed by atoms with E-state index in [9.17, 15) is 22.4 Å². The topological polar surface area (TPSA) is 97.3 Å². The molecule has 3 aromatic rings. The second-order valence-corrected chi connectivity index (χ2v) is 7.93. The molecule has 28 heavy (non-hydrogen) atoms. The standard InChI is InChI=1S/C19H18FN3O4S.2H2/c1-12(23-11-10-16-17(20)4-3-5-18(16)23)19(25)21-14-6-8-15(9-7-14)28(26,27)22-13(2)24;;/h3-12H,1-2H3,(H,21,25)(H,22,24);2*1H/t12-;;/m1../s1. The summed E-state index contributed by atoms with van der Waals surface area (Å²) in [5.41, 5.74) is 0.987. The van der Waals surface area contributed by atoms with Crippen LogP contribution in [0.3, 0.4) is 0 Å². The zero-order valence-corrected chi connectivity index (χ0v) is 16.0. The summed E-state index contributed by atoms with van der Waals surface area (Å²) in [5, 5.41) is 3.12. The molecule has 2 N–H and O–H groups in total. The highest BCUT2D eigenvalue weighted by atomic mass is 32.2. The monoisotopic (exact) mass is 407 g/mol. The number of nitrogens with zero attached hydrogens (tertiary/aromatic N) is 1. The van der Waals surface area contributed by atoms with Crippen LogP contribution < -0.4 is 10.0 Å². The molecular formula is C19H22FN3O4S. The zero-order valence-electron chi connectivity index (χ0n) is 15.1. The fraction of sp³-hybridized carbons (Fsp3) is 0.158. The van der Waals surface area contributed by atoms with Gasteiger partial charge in [0.1, 0.15) is 11.9 Å². The molecule has 0 aliphatic carbocycles. The van der Waals surface area contributed by atoms with Crippen LogP contribution in [-0.2, 0) is 19.6 Å². The number of amides is 2. The van der Waals surface area contributed by atoms with Crippen LogP contribution in [0.2, 0.25) is 0 Å². The maximum absolute atomic E-state index is 13.8. The average Bonchev–Trinajstić information content (AvgIpc) is 3.06. The van der Waals surface area contributed by atoms with Gasteiger partial charge < -0.3 is 9.88 Å². The van der Waals surface area contributed by atoms with Gasteiger partial charge >= 0.3 is 0 Å². The fourth-order valence-electron chi connectivity index (χ4n) is 2.83. The van der Waals surface area contributed by atoms with E-state index in [0.717, 1.165) is 6.92 Å². The smallest absolute Gasteiger partial charge is 0.264 e. The third kappa shape index (κ3) is 3.89. The van der Waals surface area contributed by atoms with Crippen LogP contribution in [0, 0.1) is 5.82 Å². The summed E-state index contributed by atoms with van der Waals surface area (Å²) in [6.07, 6.45) is 1.64. The molecule has 150 valence electrons. The van der Waals surface area contributed by atoms with Crippen LogP contribution in [0.25, 0.3) is 10.9 Å². The highest BCUT2D eigenvalue weighted by molar-refractivity contribution is 7.90. The fourth-order valence-corrected chi connectivity index (χ4v) is 3.82. The molecular weight excluding hydrogens is 385 g/mol. The van der Waals surface area contributed by atoms with Crippen molar-refractivity contribution in [2.24, 2.45) is 0 Å². The van der Waals surface area contributed by atoms with Crippen molar-refractivity contribution in [3.05, 3.63) is 60.5 Å². The minimum Gasteiger partial charge on any atom is -0.335 e. The van der Waals surface area contributed by atoms with Gasteiger partial charge in [0, 0.05) is 27.0 Å². The summed E-state index contributed by atoms with van der Waals surface area (Å²) in [7, 11) is -3.94. The summed E-state index contributed by atoms with van der Waals surface area (Å²) >= 11 is 0. The van der Waals surface area contributed by atoms with Gasteiger partial charge in [0.05, 0.1) is 10.4 Å². The Hall–Kier alpha value is -3.20. The molecule has 1 heterocycles. The Morgan fingerprint density at radius 3 is 2.43 bits per heavy atom. The summed E-state index contributed by atoms with van der Waals surface area (Å²) in [4.78, 5) is 23.4. The molecule has 7 nitrogen and oxygen atoms in total. The highest BCUT2D eigenvalue weighted by Crippen LogP contribution is 2.23. The third-order valence-corrected chi connectivity index (χ3v) is 5.67. The number of aromatic nitrogens is 1. The number of rotatable bonds is 5. The Morgan fingerprint density at radius 1 is 1.11 bits per heavy atom. The molecule has 0 saturated heterocycles. The van der Waals surface area contributed by atoms with Gasteiger partial charge in [-0.2, -0.15) is 0 Å². The van der Waals surface area contributed by atoms with Crippen molar-refractivity contribution in [2.45, 2.75) is 24.8 Å². The first-order valence-corrected chi connectivity index (χ1v) is 9.87. The number of hydrogen-bond donors (Lipinski definition) is 2. The molecule has 0 aliphatic rings. The van der Waals surface area contributed by atoms with E-state index in [4.69, 9.17) is 0 Å². The molecule has 0 saturated carbocycles. The Labute approximate surface area is 164 Å². The molecule has 9 heteroatoms. The molecule has 0 radical (unpaired) electrons. The number of fused-ring (bicyclic) bond motifs is 1. The molecule has 0 bridgehead atoms.